The Labute approximate surface area is 154 Å². The van der Waals surface area contributed by atoms with Gasteiger partial charge in [-0.2, -0.15) is 18.3 Å². The van der Waals surface area contributed by atoms with Crippen LogP contribution in [0, 0.1) is 0 Å². The van der Waals surface area contributed by atoms with Crippen LogP contribution >= 0.6 is 0 Å². The standard InChI is InChI=1S/C19H19F3N4O/c1-26-13-15(18(25-26)14-6-8-23-9-7-14)12-24-10-11-27-17-4-2-16(3-5-17)19(20,21)22/h2-9,13,24H,10-12H2,1H3. The van der Waals surface area contributed by atoms with Gasteiger partial charge < -0.3 is 10.1 Å². The van der Waals surface area contributed by atoms with Crippen LogP contribution < -0.4 is 10.1 Å². The van der Waals surface area contributed by atoms with Gasteiger partial charge in [-0.3, -0.25) is 9.67 Å². The van der Waals surface area contributed by atoms with Gasteiger partial charge in [0.1, 0.15) is 12.4 Å². The van der Waals surface area contributed by atoms with Gasteiger partial charge in [0, 0.05) is 49.9 Å². The minimum atomic E-state index is -4.34. The summed E-state index contributed by atoms with van der Waals surface area (Å²) in [5.74, 6) is 0.406. The highest BCUT2D eigenvalue weighted by Gasteiger charge is 2.29. The zero-order valence-electron chi connectivity index (χ0n) is 14.7. The summed E-state index contributed by atoms with van der Waals surface area (Å²) in [6, 6.07) is 8.48. The van der Waals surface area contributed by atoms with Crippen LogP contribution in [0.15, 0.2) is 55.0 Å². The molecule has 5 nitrogen and oxygen atoms in total. The van der Waals surface area contributed by atoms with E-state index in [0.29, 0.717) is 25.4 Å². The quantitative estimate of drug-likeness (QED) is 0.640. The maximum atomic E-state index is 12.5. The number of halogens is 3. The molecule has 0 amide bonds. The highest BCUT2D eigenvalue weighted by molar-refractivity contribution is 5.61. The normalized spacial score (nSPS) is 11.6. The van der Waals surface area contributed by atoms with Crippen LogP contribution in [0.4, 0.5) is 13.2 Å². The van der Waals surface area contributed by atoms with Crippen molar-refractivity contribution in [1.29, 1.82) is 0 Å². The van der Waals surface area contributed by atoms with Crippen LogP contribution in [0.2, 0.25) is 0 Å². The van der Waals surface area contributed by atoms with E-state index in [-0.39, 0.29) is 0 Å². The summed E-state index contributed by atoms with van der Waals surface area (Å²) in [5.41, 5.74) is 2.23. The van der Waals surface area contributed by atoms with Gasteiger partial charge in [0.05, 0.1) is 11.3 Å². The molecule has 1 aromatic carbocycles. The van der Waals surface area contributed by atoms with Gasteiger partial charge in [0.25, 0.3) is 0 Å². The van der Waals surface area contributed by atoms with Crippen molar-refractivity contribution in [3.05, 3.63) is 66.1 Å². The lowest BCUT2D eigenvalue weighted by Gasteiger charge is -2.10. The summed E-state index contributed by atoms with van der Waals surface area (Å²) < 4.78 is 44.8. The third-order valence-electron chi connectivity index (χ3n) is 3.90. The van der Waals surface area contributed by atoms with Crippen LogP contribution in [-0.4, -0.2) is 27.9 Å². The SMILES string of the molecule is Cn1cc(CNCCOc2ccc(C(F)(F)F)cc2)c(-c2ccncc2)n1. The number of aryl methyl sites for hydroxylation is 1. The largest absolute Gasteiger partial charge is 0.492 e. The van der Waals surface area contributed by atoms with E-state index in [4.69, 9.17) is 4.74 Å². The molecule has 0 spiro atoms. The lowest BCUT2D eigenvalue weighted by Crippen LogP contribution is -2.20. The molecular formula is C19H19F3N4O. The molecule has 3 aromatic rings. The van der Waals surface area contributed by atoms with Crippen molar-refractivity contribution in [3.8, 4) is 17.0 Å². The fourth-order valence-corrected chi connectivity index (χ4v) is 2.62. The van der Waals surface area contributed by atoms with E-state index in [0.717, 1.165) is 29.0 Å². The van der Waals surface area contributed by atoms with E-state index < -0.39 is 11.7 Å². The van der Waals surface area contributed by atoms with Crippen molar-refractivity contribution in [2.75, 3.05) is 13.2 Å². The van der Waals surface area contributed by atoms with Crippen LogP contribution in [0.5, 0.6) is 5.75 Å². The number of ether oxygens (including phenoxy) is 1. The first-order chi connectivity index (χ1) is 12.9. The first kappa shape index (κ1) is 18.9. The Morgan fingerprint density at radius 3 is 2.44 bits per heavy atom. The number of nitrogens with zero attached hydrogens (tertiary/aromatic N) is 3. The molecule has 27 heavy (non-hydrogen) atoms. The average molecular weight is 376 g/mol. The number of nitrogens with one attached hydrogen (secondary N) is 1. The Morgan fingerprint density at radius 1 is 1.07 bits per heavy atom. The van der Waals surface area contributed by atoms with Gasteiger partial charge in [-0.25, -0.2) is 0 Å². The van der Waals surface area contributed by atoms with Crippen LogP contribution in [0.25, 0.3) is 11.3 Å². The number of benzene rings is 1. The molecule has 0 saturated heterocycles. The Hall–Kier alpha value is -2.87. The summed E-state index contributed by atoms with van der Waals surface area (Å²) in [4.78, 5) is 4.01. The second kappa shape index (κ2) is 8.22. The Balaban J connectivity index is 1.49. The third kappa shape index (κ3) is 5.07. The first-order valence-corrected chi connectivity index (χ1v) is 8.37. The molecule has 2 aromatic heterocycles. The van der Waals surface area contributed by atoms with Crippen LogP contribution in [0.1, 0.15) is 11.1 Å². The number of hydrogen-bond donors (Lipinski definition) is 1. The maximum Gasteiger partial charge on any atom is 0.416 e. The summed E-state index contributed by atoms with van der Waals surface area (Å²) in [7, 11) is 1.86. The lowest BCUT2D eigenvalue weighted by atomic mass is 10.1. The van der Waals surface area contributed by atoms with E-state index in [1.54, 1.807) is 17.1 Å². The summed E-state index contributed by atoms with van der Waals surface area (Å²) in [6.45, 7) is 1.49. The van der Waals surface area contributed by atoms with Crippen LogP contribution in [-0.2, 0) is 19.8 Å². The molecule has 0 aliphatic rings. The van der Waals surface area contributed by atoms with Gasteiger partial charge in [-0.05, 0) is 36.4 Å². The minimum Gasteiger partial charge on any atom is -0.492 e. The zero-order valence-corrected chi connectivity index (χ0v) is 14.7. The molecule has 2 heterocycles. The van der Waals surface area contributed by atoms with Crippen molar-refractivity contribution in [2.24, 2.45) is 7.05 Å². The third-order valence-corrected chi connectivity index (χ3v) is 3.90. The molecule has 0 aliphatic heterocycles. The van der Waals surface area contributed by atoms with Crippen molar-refractivity contribution in [3.63, 3.8) is 0 Å². The molecule has 0 aliphatic carbocycles. The molecule has 0 radical (unpaired) electrons. The summed E-state index contributed by atoms with van der Waals surface area (Å²) >= 11 is 0. The van der Waals surface area contributed by atoms with Crippen molar-refractivity contribution in [2.45, 2.75) is 12.7 Å². The molecule has 142 valence electrons. The second-order valence-electron chi connectivity index (χ2n) is 5.96. The smallest absolute Gasteiger partial charge is 0.416 e. The van der Waals surface area contributed by atoms with Crippen molar-refractivity contribution < 1.29 is 17.9 Å². The number of rotatable bonds is 7. The monoisotopic (exact) mass is 376 g/mol. The lowest BCUT2D eigenvalue weighted by molar-refractivity contribution is -0.137. The zero-order chi connectivity index (χ0) is 19.3. The average Bonchev–Trinajstić information content (AvgIpc) is 3.02. The van der Waals surface area contributed by atoms with Crippen molar-refractivity contribution in [1.82, 2.24) is 20.1 Å². The molecule has 0 unspecified atom stereocenters. The van der Waals surface area contributed by atoms with Crippen molar-refractivity contribution >= 4 is 0 Å². The van der Waals surface area contributed by atoms with Crippen LogP contribution in [0.3, 0.4) is 0 Å². The number of hydrogen-bond acceptors (Lipinski definition) is 4. The van der Waals surface area contributed by atoms with Gasteiger partial charge in [0.2, 0.25) is 0 Å². The highest BCUT2D eigenvalue weighted by Crippen LogP contribution is 2.30. The van der Waals surface area contributed by atoms with Gasteiger partial charge >= 0.3 is 6.18 Å². The Bertz CT molecular complexity index is 861. The van der Waals surface area contributed by atoms with E-state index in [1.807, 2.05) is 25.4 Å². The van der Waals surface area contributed by atoms with Gasteiger partial charge in [0.15, 0.2) is 0 Å². The van der Waals surface area contributed by atoms with Gasteiger partial charge in [-0.1, -0.05) is 0 Å². The molecule has 3 rings (SSSR count). The second-order valence-corrected chi connectivity index (χ2v) is 5.96. The van der Waals surface area contributed by atoms with E-state index in [9.17, 15) is 13.2 Å². The molecular weight excluding hydrogens is 357 g/mol. The first-order valence-electron chi connectivity index (χ1n) is 8.37. The van der Waals surface area contributed by atoms with Gasteiger partial charge in [-0.15, -0.1) is 0 Å². The number of aromatic nitrogens is 3. The van der Waals surface area contributed by atoms with E-state index in [2.05, 4.69) is 15.4 Å². The highest BCUT2D eigenvalue weighted by atomic mass is 19.4. The molecule has 0 saturated carbocycles. The summed E-state index contributed by atoms with van der Waals surface area (Å²) in [6.07, 6.45) is 1.05. The molecule has 0 fully saturated rings. The Morgan fingerprint density at radius 2 is 1.78 bits per heavy atom. The molecule has 8 heteroatoms. The van der Waals surface area contributed by atoms with E-state index >= 15 is 0 Å². The maximum absolute atomic E-state index is 12.5. The fourth-order valence-electron chi connectivity index (χ4n) is 2.62. The fraction of sp³-hybridized carbons (Fsp3) is 0.263. The number of pyridine rings is 1. The van der Waals surface area contributed by atoms with E-state index in [1.165, 1.54) is 12.1 Å². The number of alkyl halides is 3. The predicted molar refractivity (Wildman–Crippen MR) is 95.1 cm³/mol. The molecule has 0 atom stereocenters. The minimum absolute atomic E-state index is 0.343. The Kier molecular flexibility index (Phi) is 5.75. The molecule has 1 N–H and O–H groups in total. The predicted octanol–water partition coefficient (Wildman–Crippen LogP) is 3.67. The topological polar surface area (TPSA) is 52.0 Å². The summed E-state index contributed by atoms with van der Waals surface area (Å²) in [5, 5.41) is 7.74. The molecule has 0 bridgehead atoms.